The van der Waals surface area contributed by atoms with Gasteiger partial charge in [0.25, 0.3) is 5.91 Å². The molecule has 182 valence electrons. The molecule has 35 heavy (non-hydrogen) atoms. The van der Waals surface area contributed by atoms with Crippen LogP contribution in [0, 0.1) is 0 Å². The molecule has 0 unspecified atom stereocenters. The van der Waals surface area contributed by atoms with E-state index in [1.165, 1.54) is 23.1 Å². The molecule has 12 heteroatoms. The molecule has 0 aliphatic carbocycles. The number of rotatable bonds is 9. The number of aromatic nitrogens is 4. The molecule has 0 radical (unpaired) electrons. The maximum atomic E-state index is 12.5. The first-order valence-electron chi connectivity index (χ1n) is 11.1. The number of carbonyl (C=O) groups is 1. The Kier molecular flexibility index (Phi) is 7.79. The zero-order valence-corrected chi connectivity index (χ0v) is 21.1. The first-order valence-corrected chi connectivity index (χ1v) is 13.3. The molecule has 4 heterocycles. The molecular weight excluding hydrogens is 508 g/mol. The Hall–Kier alpha value is -2.70. The number of halogens is 1. The smallest absolute Gasteiger partial charge is 0.270 e. The van der Waals surface area contributed by atoms with Crippen molar-refractivity contribution >= 4 is 40.6 Å². The summed E-state index contributed by atoms with van der Waals surface area (Å²) in [5.41, 5.74) is 1.30. The van der Waals surface area contributed by atoms with E-state index in [1.807, 2.05) is 41.0 Å². The minimum Gasteiger partial charge on any atom is -0.461 e. The van der Waals surface area contributed by atoms with Gasteiger partial charge in [0.1, 0.15) is 10.7 Å². The molecule has 1 N–H and O–H groups in total. The van der Waals surface area contributed by atoms with Crippen molar-refractivity contribution in [2.24, 2.45) is 0 Å². The Morgan fingerprint density at radius 1 is 1.17 bits per heavy atom. The third-order valence-corrected chi connectivity index (χ3v) is 7.61. The quantitative estimate of drug-likeness (QED) is 0.324. The van der Waals surface area contributed by atoms with Crippen LogP contribution in [0.15, 0.2) is 57.6 Å². The summed E-state index contributed by atoms with van der Waals surface area (Å²) in [5, 5.41) is 15.6. The Bertz CT molecular complexity index is 1250. The Morgan fingerprint density at radius 3 is 2.77 bits per heavy atom. The number of thioether (sulfide) groups is 1. The summed E-state index contributed by atoms with van der Waals surface area (Å²) in [6.45, 7) is 4.68. The van der Waals surface area contributed by atoms with Gasteiger partial charge in [-0.05, 0) is 36.4 Å². The molecule has 0 spiro atoms. The zero-order valence-electron chi connectivity index (χ0n) is 18.7. The summed E-state index contributed by atoms with van der Waals surface area (Å²) in [7, 11) is 0. The highest BCUT2D eigenvalue weighted by Gasteiger charge is 2.19. The van der Waals surface area contributed by atoms with Crippen LogP contribution < -0.4 is 5.32 Å². The topological polar surface area (TPSA) is 98.3 Å². The zero-order chi connectivity index (χ0) is 24.0. The second-order valence-corrected chi connectivity index (χ2v) is 10.0. The van der Waals surface area contributed by atoms with Crippen LogP contribution in [0.25, 0.3) is 17.3 Å². The highest BCUT2D eigenvalue weighted by Crippen LogP contribution is 2.31. The number of nitrogens with one attached hydrogen (secondary N) is 1. The molecule has 1 aliphatic heterocycles. The summed E-state index contributed by atoms with van der Waals surface area (Å²) in [4.78, 5) is 19.3. The van der Waals surface area contributed by atoms with Gasteiger partial charge in [0.15, 0.2) is 10.9 Å². The summed E-state index contributed by atoms with van der Waals surface area (Å²) in [6.07, 6.45) is 1.60. The van der Waals surface area contributed by atoms with Gasteiger partial charge in [-0.15, -0.1) is 21.5 Å². The first kappa shape index (κ1) is 24.0. The van der Waals surface area contributed by atoms with Crippen molar-refractivity contribution in [2.75, 3.05) is 39.4 Å². The second kappa shape index (κ2) is 11.4. The van der Waals surface area contributed by atoms with E-state index in [1.54, 1.807) is 11.6 Å². The van der Waals surface area contributed by atoms with Crippen molar-refractivity contribution in [3.05, 3.63) is 63.8 Å². The molecule has 0 atom stereocenters. The summed E-state index contributed by atoms with van der Waals surface area (Å²) in [5.74, 6) is 1.61. The lowest BCUT2D eigenvalue weighted by Gasteiger charge is -2.26. The number of nitrogens with zero attached hydrogens (tertiary/aromatic N) is 5. The fourth-order valence-corrected chi connectivity index (χ4v) is 5.47. The van der Waals surface area contributed by atoms with Crippen molar-refractivity contribution < 1.29 is 13.9 Å². The predicted molar refractivity (Wildman–Crippen MR) is 135 cm³/mol. The van der Waals surface area contributed by atoms with Crippen molar-refractivity contribution in [1.82, 2.24) is 30.0 Å². The van der Waals surface area contributed by atoms with Crippen LogP contribution in [0.2, 0.25) is 5.02 Å². The van der Waals surface area contributed by atoms with E-state index in [0.29, 0.717) is 39.8 Å². The lowest BCUT2D eigenvalue weighted by atomic mass is 10.3. The number of carbonyl (C=O) groups excluding carboxylic acids is 1. The Morgan fingerprint density at radius 2 is 2.00 bits per heavy atom. The van der Waals surface area contributed by atoms with Crippen LogP contribution in [-0.2, 0) is 10.5 Å². The van der Waals surface area contributed by atoms with Crippen molar-refractivity contribution in [3.8, 4) is 17.3 Å². The molecule has 1 saturated heterocycles. The lowest BCUT2D eigenvalue weighted by molar-refractivity contribution is 0.0383. The third-order valence-electron chi connectivity index (χ3n) is 5.39. The molecule has 4 aromatic rings. The predicted octanol–water partition coefficient (Wildman–Crippen LogP) is 3.99. The van der Waals surface area contributed by atoms with E-state index in [0.717, 1.165) is 43.5 Å². The van der Waals surface area contributed by atoms with E-state index in [-0.39, 0.29) is 5.91 Å². The number of amides is 1. The van der Waals surface area contributed by atoms with Gasteiger partial charge in [-0.25, -0.2) is 4.98 Å². The monoisotopic (exact) mass is 530 g/mol. The number of benzene rings is 1. The molecule has 0 saturated carbocycles. The molecule has 5 rings (SSSR count). The largest absolute Gasteiger partial charge is 0.461 e. The maximum absolute atomic E-state index is 12.5. The van der Waals surface area contributed by atoms with E-state index in [2.05, 4.69) is 25.4 Å². The third kappa shape index (κ3) is 5.93. The van der Waals surface area contributed by atoms with Crippen molar-refractivity contribution in [1.29, 1.82) is 0 Å². The SMILES string of the molecule is O=C(NCCN1CCOCC1)c1csc(CSc2nnc(-c3ccco3)n2-c2ccc(Cl)cc2)n1. The molecule has 1 aromatic carbocycles. The van der Waals surface area contributed by atoms with Crippen LogP contribution in [-0.4, -0.2) is 69.9 Å². The number of ether oxygens (including phenoxy) is 1. The lowest BCUT2D eigenvalue weighted by Crippen LogP contribution is -2.41. The molecule has 0 bridgehead atoms. The summed E-state index contributed by atoms with van der Waals surface area (Å²) < 4.78 is 12.8. The minimum atomic E-state index is -0.157. The number of hydrogen-bond acceptors (Lipinski definition) is 9. The van der Waals surface area contributed by atoms with Crippen LogP contribution in [0.5, 0.6) is 0 Å². The van der Waals surface area contributed by atoms with E-state index in [4.69, 9.17) is 20.8 Å². The van der Waals surface area contributed by atoms with E-state index < -0.39 is 0 Å². The van der Waals surface area contributed by atoms with Crippen LogP contribution in [0.1, 0.15) is 15.5 Å². The second-order valence-electron chi connectivity index (χ2n) is 7.72. The number of hydrogen-bond donors (Lipinski definition) is 1. The molecule has 1 aliphatic rings. The number of morpholine rings is 1. The average molecular weight is 531 g/mol. The van der Waals surface area contributed by atoms with Gasteiger partial charge in [-0.2, -0.15) is 0 Å². The highest BCUT2D eigenvalue weighted by atomic mass is 35.5. The van der Waals surface area contributed by atoms with Crippen LogP contribution in [0.3, 0.4) is 0 Å². The van der Waals surface area contributed by atoms with Crippen molar-refractivity contribution in [2.45, 2.75) is 10.9 Å². The minimum absolute atomic E-state index is 0.157. The Balaban J connectivity index is 1.24. The van der Waals surface area contributed by atoms with E-state index >= 15 is 0 Å². The fraction of sp³-hybridized carbons (Fsp3) is 0.304. The van der Waals surface area contributed by atoms with Gasteiger partial charge >= 0.3 is 0 Å². The van der Waals surface area contributed by atoms with Gasteiger partial charge in [-0.1, -0.05) is 23.4 Å². The molecule has 1 fully saturated rings. The molecule has 1 amide bonds. The van der Waals surface area contributed by atoms with Crippen LogP contribution >= 0.6 is 34.7 Å². The van der Waals surface area contributed by atoms with Gasteiger partial charge in [-0.3, -0.25) is 14.3 Å². The molecule has 9 nitrogen and oxygen atoms in total. The molecular formula is C23H23ClN6O3S2. The number of furan rings is 1. The number of thiazole rings is 1. The maximum Gasteiger partial charge on any atom is 0.270 e. The van der Waals surface area contributed by atoms with E-state index in [9.17, 15) is 4.79 Å². The van der Waals surface area contributed by atoms with Gasteiger partial charge in [0.05, 0.1) is 25.2 Å². The van der Waals surface area contributed by atoms with Gasteiger partial charge in [0, 0.05) is 42.3 Å². The van der Waals surface area contributed by atoms with Crippen LogP contribution in [0.4, 0.5) is 0 Å². The van der Waals surface area contributed by atoms with Gasteiger partial charge in [0.2, 0.25) is 5.82 Å². The fourth-order valence-electron chi connectivity index (χ4n) is 3.60. The first-order chi connectivity index (χ1) is 17.2. The molecule has 3 aromatic heterocycles. The van der Waals surface area contributed by atoms with Gasteiger partial charge < -0.3 is 14.5 Å². The Labute approximate surface area is 215 Å². The summed E-state index contributed by atoms with van der Waals surface area (Å²) in [6, 6.07) is 11.1. The normalized spacial score (nSPS) is 14.3. The summed E-state index contributed by atoms with van der Waals surface area (Å²) >= 11 is 9.03. The standard InChI is InChI=1S/C23H23ClN6O3S2/c24-16-3-5-17(6-4-16)30-21(19-2-1-11-33-19)27-28-23(30)35-15-20-26-18(14-34-20)22(31)25-7-8-29-9-12-32-13-10-29/h1-6,11,14H,7-10,12-13,15H2,(H,25,31). The van der Waals surface area contributed by atoms with Crippen molar-refractivity contribution in [3.63, 3.8) is 0 Å². The average Bonchev–Trinajstić information content (AvgIpc) is 3.65. The highest BCUT2D eigenvalue weighted by molar-refractivity contribution is 7.98.